The van der Waals surface area contributed by atoms with E-state index in [1.807, 2.05) is 0 Å². The smallest absolute Gasteiger partial charge is 0.339 e. The van der Waals surface area contributed by atoms with Gasteiger partial charge < -0.3 is 6.92 Å². The summed E-state index contributed by atoms with van der Waals surface area (Å²) >= 11 is 0. The van der Waals surface area contributed by atoms with Crippen LogP contribution in [0, 0.1) is 6.92 Å². The van der Waals surface area contributed by atoms with Crippen molar-refractivity contribution >= 4 is 0 Å². The van der Waals surface area contributed by atoms with E-state index in [-0.39, 0.29) is 18.9 Å². The Bertz CT molecular complexity index is 51.0. The van der Waals surface area contributed by atoms with Gasteiger partial charge in [0.1, 0.15) is 0 Å². The van der Waals surface area contributed by atoms with Gasteiger partial charge in [0, 0.05) is 0 Å². The molecule has 0 aromatic heterocycles. The molecule has 0 spiro atoms. The number of allylic oxidation sites excluding steroid dienone is 1. The van der Waals surface area contributed by atoms with Crippen molar-refractivity contribution in [2.24, 2.45) is 0 Å². The van der Waals surface area contributed by atoms with Gasteiger partial charge in [-0.3, -0.25) is 0 Å². The molecule has 0 aromatic carbocycles. The van der Waals surface area contributed by atoms with E-state index >= 15 is 0 Å². The molecule has 0 rings (SSSR count). The van der Waals surface area contributed by atoms with Gasteiger partial charge in [0.2, 0.25) is 0 Å². The van der Waals surface area contributed by atoms with E-state index < -0.39 is 0 Å². The minimum absolute atomic E-state index is 0. The third-order valence-corrected chi connectivity index (χ3v) is 0.289. The molecule has 6 heavy (non-hydrogen) atoms. The van der Waals surface area contributed by atoms with Crippen LogP contribution in [0.15, 0.2) is 18.4 Å². The Morgan fingerprint density at radius 2 is 2.33 bits per heavy atom. The van der Waals surface area contributed by atoms with Gasteiger partial charge in [0.25, 0.3) is 0 Å². The van der Waals surface area contributed by atoms with E-state index in [0.717, 1.165) is 6.42 Å². The van der Waals surface area contributed by atoms with Crippen LogP contribution in [-0.4, -0.2) is 0 Å². The summed E-state index contributed by atoms with van der Waals surface area (Å²) in [6, 6.07) is 0. The van der Waals surface area contributed by atoms with E-state index in [0.29, 0.717) is 0 Å². The van der Waals surface area contributed by atoms with E-state index in [1.54, 1.807) is 6.08 Å². The molecule has 0 N–H and O–H groups in total. The van der Waals surface area contributed by atoms with Crippen LogP contribution >= 0.6 is 0 Å². The molecular formula is C5H7Li. The fraction of sp³-hybridized carbons (Fsp3) is 0.200. The number of hydrogen-bond donors (Lipinski definition) is 0. The molecule has 0 heterocycles. The monoisotopic (exact) mass is 74.1 g/mol. The van der Waals surface area contributed by atoms with Crippen LogP contribution in [0.25, 0.3) is 0 Å². The third-order valence-electron chi connectivity index (χ3n) is 0.289. The molecule has 1 heteroatoms. The molecule has 28 valence electrons. The molecule has 0 aliphatic carbocycles. The summed E-state index contributed by atoms with van der Waals surface area (Å²) in [5.74, 6) is 0. The average molecular weight is 74.1 g/mol. The van der Waals surface area contributed by atoms with Crippen LogP contribution in [0.3, 0.4) is 0 Å². The van der Waals surface area contributed by atoms with Crippen molar-refractivity contribution in [2.45, 2.75) is 6.42 Å². The Morgan fingerprint density at radius 1 is 1.83 bits per heavy atom. The standard InChI is InChI=1S/C5H7.Li/c1-3-5-4-2;/h5H,1-3H2;/q-1;+1. The van der Waals surface area contributed by atoms with Crippen LogP contribution in [0.2, 0.25) is 0 Å². The quantitative estimate of drug-likeness (QED) is 0.203. The molecule has 0 nitrogen and oxygen atoms in total. The first-order valence-electron chi connectivity index (χ1n) is 1.55. The summed E-state index contributed by atoms with van der Waals surface area (Å²) in [7, 11) is 0. The molecule has 0 aliphatic heterocycles. The van der Waals surface area contributed by atoms with Crippen molar-refractivity contribution in [2.75, 3.05) is 0 Å². The predicted molar refractivity (Wildman–Crippen MR) is 23.7 cm³/mol. The Labute approximate surface area is 51.1 Å². The second-order valence-corrected chi connectivity index (χ2v) is 0.697. The molecule has 0 bridgehead atoms. The van der Waals surface area contributed by atoms with E-state index in [4.69, 9.17) is 0 Å². The van der Waals surface area contributed by atoms with Crippen molar-refractivity contribution in [3.8, 4) is 0 Å². The van der Waals surface area contributed by atoms with Gasteiger partial charge in [-0.1, -0.05) is 12.7 Å². The summed E-state index contributed by atoms with van der Waals surface area (Å²) in [6.07, 6.45) is 2.57. The molecule has 0 aliphatic rings. The fourth-order valence-corrected chi connectivity index (χ4v) is 0.102. The van der Waals surface area contributed by atoms with Crippen molar-refractivity contribution in [1.29, 1.82) is 0 Å². The Morgan fingerprint density at radius 3 is 2.33 bits per heavy atom. The van der Waals surface area contributed by atoms with Crippen LogP contribution in [0.4, 0.5) is 0 Å². The molecular weight excluding hydrogens is 67.0 g/mol. The maximum atomic E-state index is 3.52. The summed E-state index contributed by atoms with van der Waals surface area (Å²) < 4.78 is 0. The molecule has 0 radical (unpaired) electrons. The first kappa shape index (κ1) is 9.45. The van der Waals surface area contributed by atoms with Crippen LogP contribution in [-0.2, 0) is 0 Å². The zero-order valence-electron chi connectivity index (χ0n) is 4.20. The Balaban J connectivity index is 0. The number of hydrogen-bond acceptors (Lipinski definition) is 0. The third kappa shape index (κ3) is 8.92. The van der Waals surface area contributed by atoms with Gasteiger partial charge in [-0.05, 0) is 0 Å². The first-order valence-corrected chi connectivity index (χ1v) is 1.55. The summed E-state index contributed by atoms with van der Waals surface area (Å²) in [4.78, 5) is 0. The van der Waals surface area contributed by atoms with Crippen LogP contribution < -0.4 is 18.9 Å². The van der Waals surface area contributed by atoms with Crippen molar-refractivity contribution in [1.82, 2.24) is 0 Å². The summed E-state index contributed by atoms with van der Waals surface area (Å²) in [6.45, 7) is 6.85. The zero-order chi connectivity index (χ0) is 4.12. The molecule has 0 aromatic rings. The maximum absolute atomic E-state index is 3.52. The van der Waals surface area contributed by atoms with Crippen molar-refractivity contribution < 1.29 is 18.9 Å². The van der Waals surface area contributed by atoms with Gasteiger partial charge in [0.15, 0.2) is 0 Å². The molecule has 0 saturated heterocycles. The summed E-state index contributed by atoms with van der Waals surface area (Å²) in [5.41, 5.74) is 2.58. The minimum Gasteiger partial charge on any atom is -0.339 e. The fourth-order valence-electron chi connectivity index (χ4n) is 0.102. The van der Waals surface area contributed by atoms with E-state index in [9.17, 15) is 0 Å². The van der Waals surface area contributed by atoms with Crippen LogP contribution in [0.1, 0.15) is 6.42 Å². The van der Waals surface area contributed by atoms with Gasteiger partial charge in [-0.25, -0.2) is 0 Å². The van der Waals surface area contributed by atoms with Gasteiger partial charge >= 0.3 is 18.9 Å². The molecule has 0 atom stereocenters. The molecule has 0 amide bonds. The minimum atomic E-state index is 0. The Hall–Kier alpha value is 0.117. The molecule has 0 saturated carbocycles. The van der Waals surface area contributed by atoms with E-state index in [1.165, 1.54) is 0 Å². The largest absolute Gasteiger partial charge is 1.00 e. The van der Waals surface area contributed by atoms with Gasteiger partial charge in [-0.15, -0.1) is 5.73 Å². The topological polar surface area (TPSA) is 0 Å². The summed E-state index contributed by atoms with van der Waals surface area (Å²) in [5, 5.41) is 0. The SMILES string of the molecule is C=C=CC[CH2-].[Li+]. The predicted octanol–water partition coefficient (Wildman–Crippen LogP) is -1.44. The second kappa shape index (κ2) is 8.93. The normalized spacial score (nSPS) is 4.83. The molecule has 0 fully saturated rings. The van der Waals surface area contributed by atoms with Crippen molar-refractivity contribution in [3.05, 3.63) is 25.3 Å². The maximum Gasteiger partial charge on any atom is 1.00 e. The Kier molecular flexibility index (Phi) is 14.1. The molecule has 0 unspecified atom stereocenters. The zero-order valence-corrected chi connectivity index (χ0v) is 4.20. The van der Waals surface area contributed by atoms with Gasteiger partial charge in [0.05, 0.1) is 0 Å². The second-order valence-electron chi connectivity index (χ2n) is 0.697. The first-order chi connectivity index (χ1) is 2.41. The van der Waals surface area contributed by atoms with E-state index in [2.05, 4.69) is 19.2 Å². The van der Waals surface area contributed by atoms with Gasteiger partial charge in [-0.2, -0.15) is 6.42 Å². The van der Waals surface area contributed by atoms with Crippen molar-refractivity contribution in [3.63, 3.8) is 0 Å². The average Bonchev–Trinajstić information content (AvgIpc) is 1.41. The van der Waals surface area contributed by atoms with Crippen LogP contribution in [0.5, 0.6) is 0 Å². The number of rotatable bonds is 1.